The monoisotopic (exact) mass is 434 g/mol. The van der Waals surface area contributed by atoms with E-state index in [1.54, 1.807) is 13.8 Å². The van der Waals surface area contributed by atoms with E-state index in [0.717, 1.165) is 25.9 Å². The van der Waals surface area contributed by atoms with Crippen molar-refractivity contribution in [2.24, 2.45) is 5.41 Å². The predicted octanol–water partition coefficient (Wildman–Crippen LogP) is 2.89. The van der Waals surface area contributed by atoms with Gasteiger partial charge in [0.05, 0.1) is 11.7 Å². The highest BCUT2D eigenvalue weighted by Crippen LogP contribution is 2.38. The number of hydrogen-bond donors (Lipinski definition) is 2. The number of aromatic nitrogens is 1. The van der Waals surface area contributed by atoms with Gasteiger partial charge in [0.25, 0.3) is 0 Å². The standard InChI is InChI=1S/C23H39BN2O5/c1-9-23(7,8)31-20(21(27)30-15(2)3)18-16(4)25-14-17(24(28)29)19(18)26-12-10-22(5,6)11-13-26/h14-15,20,28-29H,9-13H2,1-8H3/t20-/m0/s1. The lowest BCUT2D eigenvalue weighted by atomic mass is 9.76. The van der Waals surface area contributed by atoms with Crippen LogP contribution in [0.2, 0.25) is 0 Å². The van der Waals surface area contributed by atoms with Gasteiger partial charge in [-0.15, -0.1) is 0 Å². The fourth-order valence-electron chi connectivity index (χ4n) is 3.74. The van der Waals surface area contributed by atoms with E-state index < -0.39 is 24.8 Å². The van der Waals surface area contributed by atoms with Crippen molar-refractivity contribution in [2.45, 2.75) is 92.5 Å². The smallest absolute Gasteiger partial charge is 0.461 e. The van der Waals surface area contributed by atoms with Gasteiger partial charge in [0.15, 0.2) is 6.10 Å². The Morgan fingerprint density at radius 2 is 1.87 bits per heavy atom. The molecule has 0 radical (unpaired) electrons. The second kappa shape index (κ2) is 9.88. The zero-order chi connectivity index (χ0) is 23.6. The number of carbonyl (C=O) groups is 1. The van der Waals surface area contributed by atoms with E-state index in [0.29, 0.717) is 23.4 Å². The fraction of sp³-hybridized carbons (Fsp3) is 0.739. The second-order valence-electron chi connectivity index (χ2n) is 10.2. The van der Waals surface area contributed by atoms with Crippen LogP contribution < -0.4 is 10.4 Å². The van der Waals surface area contributed by atoms with Gasteiger partial charge in [0.1, 0.15) is 0 Å². The minimum absolute atomic E-state index is 0.216. The van der Waals surface area contributed by atoms with Gasteiger partial charge in [-0.05, 0) is 59.3 Å². The zero-order valence-corrected chi connectivity index (χ0v) is 20.4. The minimum atomic E-state index is -1.71. The number of piperidine rings is 1. The number of anilines is 1. The summed E-state index contributed by atoms with van der Waals surface area (Å²) in [4.78, 5) is 19.7. The molecule has 0 saturated carbocycles. The molecule has 1 aromatic heterocycles. The van der Waals surface area contributed by atoms with Crippen LogP contribution >= 0.6 is 0 Å². The Kier molecular flexibility index (Phi) is 8.17. The average Bonchev–Trinajstić information content (AvgIpc) is 2.65. The van der Waals surface area contributed by atoms with E-state index in [4.69, 9.17) is 9.47 Å². The number of hydrogen-bond acceptors (Lipinski definition) is 7. The van der Waals surface area contributed by atoms with Gasteiger partial charge < -0.3 is 24.4 Å². The first-order valence-electron chi connectivity index (χ1n) is 11.3. The van der Waals surface area contributed by atoms with E-state index in [9.17, 15) is 14.8 Å². The first kappa shape index (κ1) is 25.6. The molecule has 174 valence electrons. The number of carbonyl (C=O) groups excluding carboxylic acids is 1. The molecule has 2 heterocycles. The Labute approximate surface area is 187 Å². The van der Waals surface area contributed by atoms with E-state index in [1.165, 1.54) is 6.20 Å². The molecule has 1 saturated heterocycles. The first-order valence-corrected chi connectivity index (χ1v) is 11.3. The lowest BCUT2D eigenvalue weighted by Crippen LogP contribution is -2.45. The first-order chi connectivity index (χ1) is 14.3. The number of nitrogens with zero attached hydrogens (tertiary/aromatic N) is 2. The molecular formula is C23H39BN2O5. The largest absolute Gasteiger partial charge is 0.492 e. The number of aryl methyl sites for hydroxylation is 1. The number of ether oxygens (including phenoxy) is 2. The van der Waals surface area contributed by atoms with Crippen LogP contribution in [0.25, 0.3) is 0 Å². The van der Waals surface area contributed by atoms with Crippen LogP contribution in [-0.4, -0.2) is 52.9 Å². The molecule has 1 aliphatic rings. The van der Waals surface area contributed by atoms with Gasteiger partial charge in [0, 0.05) is 41.7 Å². The summed E-state index contributed by atoms with van der Waals surface area (Å²) in [5.74, 6) is -0.496. The fourth-order valence-corrected chi connectivity index (χ4v) is 3.74. The summed E-state index contributed by atoms with van der Waals surface area (Å²) in [5, 5.41) is 20.3. The van der Waals surface area contributed by atoms with Gasteiger partial charge >= 0.3 is 13.1 Å². The van der Waals surface area contributed by atoms with Crippen molar-refractivity contribution in [3.05, 3.63) is 17.5 Å². The van der Waals surface area contributed by atoms with Gasteiger partial charge in [-0.3, -0.25) is 4.98 Å². The lowest BCUT2D eigenvalue weighted by Gasteiger charge is -2.41. The maximum atomic E-state index is 13.2. The van der Waals surface area contributed by atoms with Crippen molar-refractivity contribution < 1.29 is 24.3 Å². The molecule has 7 nitrogen and oxygen atoms in total. The molecule has 1 fully saturated rings. The summed E-state index contributed by atoms with van der Waals surface area (Å²) < 4.78 is 11.9. The molecular weight excluding hydrogens is 395 g/mol. The Balaban J connectivity index is 2.66. The Bertz CT molecular complexity index is 769. The predicted molar refractivity (Wildman–Crippen MR) is 123 cm³/mol. The maximum Gasteiger partial charge on any atom is 0.492 e. The molecule has 0 amide bonds. The van der Waals surface area contributed by atoms with Crippen molar-refractivity contribution in [1.82, 2.24) is 4.98 Å². The number of pyridine rings is 1. The van der Waals surface area contributed by atoms with Crippen molar-refractivity contribution in [2.75, 3.05) is 18.0 Å². The third-order valence-electron chi connectivity index (χ3n) is 6.14. The Morgan fingerprint density at radius 3 is 2.35 bits per heavy atom. The highest BCUT2D eigenvalue weighted by Gasteiger charge is 2.38. The van der Waals surface area contributed by atoms with E-state index in [2.05, 4.69) is 23.7 Å². The third-order valence-corrected chi connectivity index (χ3v) is 6.14. The summed E-state index contributed by atoms with van der Waals surface area (Å²) >= 11 is 0. The summed E-state index contributed by atoms with van der Waals surface area (Å²) in [6.45, 7) is 17.2. The van der Waals surface area contributed by atoms with Crippen LogP contribution in [0.4, 0.5) is 5.69 Å². The van der Waals surface area contributed by atoms with Crippen LogP contribution in [0.3, 0.4) is 0 Å². The average molecular weight is 434 g/mol. The SMILES string of the molecule is CCC(C)(C)O[C@H](C(=O)OC(C)C)c1c(C)ncc(B(O)O)c1N1CCC(C)(C)CC1. The molecule has 0 bridgehead atoms. The van der Waals surface area contributed by atoms with Crippen LogP contribution in [0.1, 0.15) is 85.1 Å². The normalized spacial score (nSPS) is 17.6. The Hall–Kier alpha value is -1.64. The van der Waals surface area contributed by atoms with Crippen LogP contribution in [0.15, 0.2) is 6.20 Å². The van der Waals surface area contributed by atoms with Crippen molar-refractivity contribution in [1.29, 1.82) is 0 Å². The van der Waals surface area contributed by atoms with E-state index in [1.807, 2.05) is 27.7 Å². The van der Waals surface area contributed by atoms with Crippen LogP contribution in [-0.2, 0) is 14.3 Å². The molecule has 0 aliphatic carbocycles. The van der Waals surface area contributed by atoms with Crippen molar-refractivity contribution in [3.8, 4) is 0 Å². The van der Waals surface area contributed by atoms with Gasteiger partial charge in [-0.2, -0.15) is 0 Å². The highest BCUT2D eigenvalue weighted by atomic mass is 16.6. The molecule has 0 unspecified atom stereocenters. The molecule has 0 aromatic carbocycles. The van der Waals surface area contributed by atoms with Gasteiger partial charge in [-0.25, -0.2) is 4.79 Å². The molecule has 1 atom stereocenters. The molecule has 2 N–H and O–H groups in total. The molecule has 0 spiro atoms. The van der Waals surface area contributed by atoms with Gasteiger partial charge in [0.2, 0.25) is 0 Å². The lowest BCUT2D eigenvalue weighted by molar-refractivity contribution is -0.172. The van der Waals surface area contributed by atoms with Gasteiger partial charge in [-0.1, -0.05) is 20.8 Å². The second-order valence-corrected chi connectivity index (χ2v) is 10.2. The molecule has 8 heteroatoms. The quantitative estimate of drug-likeness (QED) is 0.480. The van der Waals surface area contributed by atoms with Crippen molar-refractivity contribution in [3.63, 3.8) is 0 Å². The summed E-state index contributed by atoms with van der Waals surface area (Å²) in [7, 11) is -1.71. The summed E-state index contributed by atoms with van der Waals surface area (Å²) in [6.07, 6.45) is 2.76. The molecule has 1 aromatic rings. The molecule has 31 heavy (non-hydrogen) atoms. The number of rotatable bonds is 8. The Morgan fingerprint density at radius 1 is 1.29 bits per heavy atom. The third kappa shape index (κ3) is 6.43. The van der Waals surface area contributed by atoms with Crippen molar-refractivity contribution >= 4 is 24.2 Å². The topological polar surface area (TPSA) is 92.1 Å². The molecule has 1 aliphatic heterocycles. The van der Waals surface area contributed by atoms with E-state index >= 15 is 0 Å². The number of esters is 1. The zero-order valence-electron chi connectivity index (χ0n) is 20.4. The molecule has 2 rings (SSSR count). The highest BCUT2D eigenvalue weighted by molar-refractivity contribution is 6.60. The van der Waals surface area contributed by atoms with E-state index in [-0.39, 0.29) is 17.0 Å². The van der Waals surface area contributed by atoms with Crippen LogP contribution in [0, 0.1) is 12.3 Å². The van der Waals surface area contributed by atoms with Crippen LogP contribution in [0.5, 0.6) is 0 Å². The summed E-state index contributed by atoms with van der Waals surface area (Å²) in [6, 6.07) is 0. The summed E-state index contributed by atoms with van der Waals surface area (Å²) in [5.41, 5.74) is 1.70. The maximum absolute atomic E-state index is 13.2. The minimum Gasteiger partial charge on any atom is -0.461 e.